The van der Waals surface area contributed by atoms with Gasteiger partial charge in [-0.1, -0.05) is 60.7 Å². The summed E-state index contributed by atoms with van der Waals surface area (Å²) in [5.41, 5.74) is 6.01. The molecule has 0 radical (unpaired) electrons. The van der Waals surface area contributed by atoms with Crippen LogP contribution >= 0.6 is 0 Å². The number of fused-ring (bicyclic) bond motifs is 1. The molecule has 0 saturated heterocycles. The zero-order chi connectivity index (χ0) is 16.5. The molecule has 24 heavy (non-hydrogen) atoms. The summed E-state index contributed by atoms with van der Waals surface area (Å²) in [4.78, 5) is 0. The number of phenols is 1. The third kappa shape index (κ3) is 2.28. The van der Waals surface area contributed by atoms with Crippen molar-refractivity contribution in [2.45, 2.75) is 13.5 Å². The molecule has 1 heterocycles. The first-order chi connectivity index (χ1) is 11.8. The maximum Gasteiger partial charge on any atom is 0.115 e. The summed E-state index contributed by atoms with van der Waals surface area (Å²) in [6, 6.07) is 26.5. The van der Waals surface area contributed by atoms with Gasteiger partial charge in [0.25, 0.3) is 0 Å². The minimum atomic E-state index is 0.291. The van der Waals surface area contributed by atoms with Gasteiger partial charge in [-0.15, -0.1) is 0 Å². The van der Waals surface area contributed by atoms with Gasteiger partial charge in [0.2, 0.25) is 0 Å². The summed E-state index contributed by atoms with van der Waals surface area (Å²) in [5, 5.41) is 10.9. The van der Waals surface area contributed by atoms with E-state index < -0.39 is 0 Å². The molecule has 0 saturated carbocycles. The van der Waals surface area contributed by atoms with Crippen LogP contribution in [0.15, 0.2) is 78.9 Å². The third-order valence-corrected chi connectivity index (χ3v) is 4.49. The Hall–Kier alpha value is -3.00. The summed E-state index contributed by atoms with van der Waals surface area (Å²) in [6.07, 6.45) is 0. The quantitative estimate of drug-likeness (QED) is 0.515. The second-order valence-corrected chi connectivity index (χ2v) is 5.90. The highest BCUT2D eigenvalue weighted by Crippen LogP contribution is 2.41. The van der Waals surface area contributed by atoms with E-state index in [1.54, 1.807) is 12.1 Å². The minimum Gasteiger partial charge on any atom is -0.508 e. The van der Waals surface area contributed by atoms with Crippen LogP contribution in [0.3, 0.4) is 0 Å². The molecule has 0 aliphatic carbocycles. The number of phenolic OH excluding ortho intramolecular Hbond substituents is 1. The predicted molar refractivity (Wildman–Crippen MR) is 100 cm³/mol. The van der Waals surface area contributed by atoms with Crippen LogP contribution in [0, 0.1) is 0 Å². The maximum absolute atomic E-state index is 9.65. The molecule has 4 aromatic rings. The minimum absolute atomic E-state index is 0.291. The Kier molecular flexibility index (Phi) is 3.58. The Labute approximate surface area is 141 Å². The van der Waals surface area contributed by atoms with Crippen LogP contribution in [0.4, 0.5) is 0 Å². The van der Waals surface area contributed by atoms with E-state index in [0.717, 1.165) is 12.1 Å². The summed E-state index contributed by atoms with van der Waals surface area (Å²) in [7, 11) is 0. The van der Waals surface area contributed by atoms with E-state index in [2.05, 4.69) is 60.0 Å². The van der Waals surface area contributed by atoms with Gasteiger partial charge in [-0.05, 0) is 36.2 Å². The highest BCUT2D eigenvalue weighted by molar-refractivity contribution is 6.04. The number of para-hydroxylation sites is 1. The fourth-order valence-electron chi connectivity index (χ4n) is 3.45. The van der Waals surface area contributed by atoms with E-state index in [0.29, 0.717) is 5.75 Å². The normalized spacial score (nSPS) is 11.0. The molecular weight excluding hydrogens is 294 g/mol. The molecule has 3 aromatic carbocycles. The molecule has 0 unspecified atom stereocenters. The van der Waals surface area contributed by atoms with Gasteiger partial charge in [0, 0.05) is 23.0 Å². The highest BCUT2D eigenvalue weighted by atomic mass is 16.3. The van der Waals surface area contributed by atoms with Crippen LogP contribution in [-0.4, -0.2) is 9.67 Å². The van der Waals surface area contributed by atoms with E-state index in [1.165, 1.54) is 27.7 Å². The molecule has 118 valence electrons. The molecule has 1 aromatic heterocycles. The van der Waals surface area contributed by atoms with Gasteiger partial charge in [-0.25, -0.2) is 0 Å². The van der Waals surface area contributed by atoms with Crippen molar-refractivity contribution in [3.05, 3.63) is 78.9 Å². The Morgan fingerprint density at radius 3 is 2.12 bits per heavy atom. The van der Waals surface area contributed by atoms with Gasteiger partial charge in [-0.3, -0.25) is 0 Å². The lowest BCUT2D eigenvalue weighted by molar-refractivity contribution is 0.475. The van der Waals surface area contributed by atoms with Crippen LogP contribution in [0.2, 0.25) is 0 Å². The van der Waals surface area contributed by atoms with E-state index in [-0.39, 0.29) is 0 Å². The van der Waals surface area contributed by atoms with Crippen molar-refractivity contribution in [1.29, 1.82) is 0 Å². The first-order valence-corrected chi connectivity index (χ1v) is 8.25. The van der Waals surface area contributed by atoms with E-state index >= 15 is 0 Å². The molecule has 0 amide bonds. The summed E-state index contributed by atoms with van der Waals surface area (Å²) in [5.74, 6) is 0.291. The van der Waals surface area contributed by atoms with Crippen molar-refractivity contribution in [2.24, 2.45) is 0 Å². The number of hydrogen-bond donors (Lipinski definition) is 1. The van der Waals surface area contributed by atoms with Crippen molar-refractivity contribution >= 4 is 10.9 Å². The van der Waals surface area contributed by atoms with Gasteiger partial charge in [0.05, 0.1) is 5.69 Å². The number of rotatable bonds is 3. The van der Waals surface area contributed by atoms with Crippen LogP contribution in [0.5, 0.6) is 5.75 Å². The van der Waals surface area contributed by atoms with Gasteiger partial charge in [0.15, 0.2) is 0 Å². The number of nitrogens with zero attached hydrogens (tertiary/aromatic N) is 1. The lowest BCUT2D eigenvalue weighted by atomic mass is 9.98. The second kappa shape index (κ2) is 5.89. The largest absolute Gasteiger partial charge is 0.508 e. The molecule has 0 fully saturated rings. The highest BCUT2D eigenvalue weighted by Gasteiger charge is 2.18. The Morgan fingerprint density at radius 2 is 1.42 bits per heavy atom. The van der Waals surface area contributed by atoms with Crippen molar-refractivity contribution in [1.82, 2.24) is 4.57 Å². The standard InChI is InChI=1S/C22H19NO/c1-2-23-20-11-7-6-10-19(20)21(16-12-14-18(24)15-13-16)22(23)17-8-4-3-5-9-17/h3-15,24H,2H2,1H3. The van der Waals surface area contributed by atoms with Crippen molar-refractivity contribution < 1.29 is 5.11 Å². The van der Waals surface area contributed by atoms with E-state index in [9.17, 15) is 5.11 Å². The molecule has 2 nitrogen and oxygen atoms in total. The first kappa shape index (κ1) is 14.6. The molecule has 1 N–H and O–H groups in total. The molecule has 4 rings (SSSR count). The lowest BCUT2D eigenvalue weighted by Crippen LogP contribution is -1.97. The SMILES string of the molecule is CCn1c(-c2ccccc2)c(-c2ccc(O)cc2)c2ccccc21. The molecular formula is C22H19NO. The number of aromatic nitrogens is 1. The van der Waals surface area contributed by atoms with Crippen LogP contribution < -0.4 is 0 Å². The smallest absolute Gasteiger partial charge is 0.115 e. The molecule has 0 spiro atoms. The van der Waals surface area contributed by atoms with Crippen LogP contribution in [0.25, 0.3) is 33.3 Å². The fraction of sp³-hybridized carbons (Fsp3) is 0.0909. The Morgan fingerprint density at radius 1 is 0.750 bits per heavy atom. The summed E-state index contributed by atoms with van der Waals surface area (Å²) < 4.78 is 2.37. The zero-order valence-electron chi connectivity index (χ0n) is 13.6. The Balaban J connectivity index is 2.12. The molecule has 0 aliphatic heterocycles. The average Bonchev–Trinajstić information content (AvgIpc) is 2.97. The molecule has 0 bridgehead atoms. The van der Waals surface area contributed by atoms with Crippen LogP contribution in [-0.2, 0) is 6.54 Å². The predicted octanol–water partition coefficient (Wildman–Crippen LogP) is 5.70. The number of aryl methyl sites for hydroxylation is 1. The molecule has 2 heteroatoms. The molecule has 0 aliphatic rings. The zero-order valence-corrected chi connectivity index (χ0v) is 13.6. The topological polar surface area (TPSA) is 25.2 Å². The van der Waals surface area contributed by atoms with Gasteiger partial charge in [0.1, 0.15) is 5.75 Å². The van der Waals surface area contributed by atoms with Gasteiger partial charge >= 0.3 is 0 Å². The average molecular weight is 313 g/mol. The number of hydrogen-bond acceptors (Lipinski definition) is 1. The monoisotopic (exact) mass is 313 g/mol. The van der Waals surface area contributed by atoms with Crippen molar-refractivity contribution in [3.8, 4) is 28.1 Å². The van der Waals surface area contributed by atoms with Crippen molar-refractivity contribution in [2.75, 3.05) is 0 Å². The first-order valence-electron chi connectivity index (χ1n) is 8.25. The number of benzene rings is 3. The van der Waals surface area contributed by atoms with Crippen LogP contribution in [0.1, 0.15) is 6.92 Å². The summed E-state index contributed by atoms with van der Waals surface area (Å²) >= 11 is 0. The lowest BCUT2D eigenvalue weighted by Gasteiger charge is -2.11. The number of aromatic hydroxyl groups is 1. The maximum atomic E-state index is 9.65. The summed E-state index contributed by atoms with van der Waals surface area (Å²) in [6.45, 7) is 3.09. The van der Waals surface area contributed by atoms with Gasteiger partial charge in [-0.2, -0.15) is 0 Å². The fourth-order valence-corrected chi connectivity index (χ4v) is 3.45. The second-order valence-electron chi connectivity index (χ2n) is 5.90. The van der Waals surface area contributed by atoms with E-state index in [4.69, 9.17) is 0 Å². The third-order valence-electron chi connectivity index (χ3n) is 4.49. The van der Waals surface area contributed by atoms with Crippen molar-refractivity contribution in [3.63, 3.8) is 0 Å². The Bertz CT molecular complexity index is 982. The van der Waals surface area contributed by atoms with E-state index in [1.807, 2.05) is 18.2 Å². The van der Waals surface area contributed by atoms with Gasteiger partial charge < -0.3 is 9.67 Å². The molecule has 0 atom stereocenters.